The Hall–Kier alpha value is -0.570. The van der Waals surface area contributed by atoms with Gasteiger partial charge >= 0.3 is 0 Å². The lowest BCUT2D eigenvalue weighted by molar-refractivity contribution is -0.134. The Morgan fingerprint density at radius 2 is 2.14 bits per heavy atom. The molecule has 0 atom stereocenters. The zero-order chi connectivity index (χ0) is 10.6. The molecular formula is C11H22N2O. The van der Waals surface area contributed by atoms with Gasteiger partial charge in [-0.15, -0.1) is 0 Å². The standard InChI is InChI=1S/C11H22N2O/c1-11(2)7-5-9-13(11)10(14)6-3-4-8-12/h3-9,12H2,1-2H3. The third-order valence-corrected chi connectivity index (χ3v) is 3.05. The van der Waals surface area contributed by atoms with E-state index in [0.29, 0.717) is 18.9 Å². The SMILES string of the molecule is CC1(C)CCCN1C(=O)CCCCN. The number of nitrogens with zero attached hydrogens (tertiary/aromatic N) is 1. The summed E-state index contributed by atoms with van der Waals surface area (Å²) in [6.45, 7) is 5.94. The average Bonchev–Trinajstić information content (AvgIpc) is 2.45. The average molecular weight is 198 g/mol. The van der Waals surface area contributed by atoms with E-state index in [4.69, 9.17) is 5.73 Å². The fourth-order valence-corrected chi connectivity index (χ4v) is 2.13. The summed E-state index contributed by atoms with van der Waals surface area (Å²) in [6, 6.07) is 0. The normalized spacial score (nSPS) is 20.1. The molecule has 3 heteroatoms. The van der Waals surface area contributed by atoms with E-state index >= 15 is 0 Å². The molecule has 0 aromatic rings. The highest BCUT2D eigenvalue weighted by molar-refractivity contribution is 5.77. The summed E-state index contributed by atoms with van der Waals surface area (Å²) in [5, 5.41) is 0. The highest BCUT2D eigenvalue weighted by Gasteiger charge is 2.34. The summed E-state index contributed by atoms with van der Waals surface area (Å²) in [5.41, 5.74) is 5.48. The van der Waals surface area contributed by atoms with Gasteiger partial charge in [-0.3, -0.25) is 4.79 Å². The summed E-state index contributed by atoms with van der Waals surface area (Å²) < 4.78 is 0. The first-order valence-corrected chi connectivity index (χ1v) is 5.58. The van der Waals surface area contributed by atoms with E-state index in [1.54, 1.807) is 0 Å². The van der Waals surface area contributed by atoms with Crippen LogP contribution in [0.2, 0.25) is 0 Å². The molecule has 1 heterocycles. The van der Waals surface area contributed by atoms with Gasteiger partial charge in [0, 0.05) is 18.5 Å². The quantitative estimate of drug-likeness (QED) is 0.696. The van der Waals surface area contributed by atoms with Crippen LogP contribution in [-0.2, 0) is 4.79 Å². The van der Waals surface area contributed by atoms with Crippen molar-refractivity contribution in [3.63, 3.8) is 0 Å². The van der Waals surface area contributed by atoms with Crippen LogP contribution in [0.15, 0.2) is 0 Å². The number of unbranched alkanes of at least 4 members (excludes halogenated alkanes) is 1. The number of hydrogen-bond acceptors (Lipinski definition) is 2. The molecule has 0 aliphatic carbocycles. The van der Waals surface area contributed by atoms with Gasteiger partial charge in [0.15, 0.2) is 0 Å². The van der Waals surface area contributed by atoms with Crippen molar-refractivity contribution in [3.8, 4) is 0 Å². The van der Waals surface area contributed by atoms with Crippen LogP contribution >= 0.6 is 0 Å². The number of amides is 1. The summed E-state index contributed by atoms with van der Waals surface area (Å²) in [6.07, 6.45) is 4.84. The van der Waals surface area contributed by atoms with E-state index in [1.807, 2.05) is 4.90 Å². The predicted octanol–water partition coefficient (Wildman–Crippen LogP) is 1.52. The van der Waals surface area contributed by atoms with Crippen molar-refractivity contribution in [1.29, 1.82) is 0 Å². The molecule has 2 N–H and O–H groups in total. The smallest absolute Gasteiger partial charge is 0.223 e. The Kier molecular flexibility index (Phi) is 3.93. The van der Waals surface area contributed by atoms with Crippen LogP contribution < -0.4 is 5.73 Å². The molecule has 3 nitrogen and oxygen atoms in total. The van der Waals surface area contributed by atoms with Crippen LogP contribution in [0.5, 0.6) is 0 Å². The van der Waals surface area contributed by atoms with E-state index in [0.717, 1.165) is 32.2 Å². The first kappa shape index (κ1) is 11.5. The van der Waals surface area contributed by atoms with Crippen LogP contribution in [0, 0.1) is 0 Å². The van der Waals surface area contributed by atoms with E-state index in [-0.39, 0.29) is 5.54 Å². The zero-order valence-corrected chi connectivity index (χ0v) is 9.38. The number of nitrogens with two attached hydrogens (primary N) is 1. The number of likely N-dealkylation sites (tertiary alicyclic amines) is 1. The van der Waals surface area contributed by atoms with E-state index < -0.39 is 0 Å². The molecule has 0 radical (unpaired) electrons. The Morgan fingerprint density at radius 1 is 1.43 bits per heavy atom. The van der Waals surface area contributed by atoms with Gasteiger partial charge in [0.2, 0.25) is 5.91 Å². The lowest BCUT2D eigenvalue weighted by atomic mass is 10.0. The van der Waals surface area contributed by atoms with Crippen molar-refractivity contribution in [2.45, 2.75) is 51.5 Å². The van der Waals surface area contributed by atoms with Crippen LogP contribution in [0.3, 0.4) is 0 Å². The van der Waals surface area contributed by atoms with Gasteiger partial charge in [0.25, 0.3) is 0 Å². The second-order valence-electron chi connectivity index (χ2n) is 4.71. The Bertz CT molecular complexity index is 201. The molecule has 0 saturated carbocycles. The van der Waals surface area contributed by atoms with Crippen LogP contribution in [-0.4, -0.2) is 29.4 Å². The van der Waals surface area contributed by atoms with Gasteiger partial charge in [-0.1, -0.05) is 0 Å². The molecular weight excluding hydrogens is 176 g/mol. The van der Waals surface area contributed by atoms with Crippen molar-refractivity contribution in [1.82, 2.24) is 4.90 Å². The maximum Gasteiger partial charge on any atom is 0.223 e. The number of rotatable bonds is 4. The van der Waals surface area contributed by atoms with Gasteiger partial charge in [-0.05, 0) is 46.1 Å². The molecule has 0 bridgehead atoms. The minimum atomic E-state index is 0.0831. The number of carbonyl (C=O) groups is 1. The Morgan fingerprint density at radius 3 is 2.64 bits per heavy atom. The van der Waals surface area contributed by atoms with E-state index in [9.17, 15) is 4.79 Å². The molecule has 1 rings (SSSR count). The molecule has 1 saturated heterocycles. The topological polar surface area (TPSA) is 46.3 Å². The molecule has 1 amide bonds. The zero-order valence-electron chi connectivity index (χ0n) is 9.38. The highest BCUT2D eigenvalue weighted by atomic mass is 16.2. The van der Waals surface area contributed by atoms with Crippen molar-refractivity contribution < 1.29 is 4.79 Å². The van der Waals surface area contributed by atoms with Gasteiger partial charge < -0.3 is 10.6 Å². The lowest BCUT2D eigenvalue weighted by Gasteiger charge is -2.31. The molecule has 0 aromatic heterocycles. The summed E-state index contributed by atoms with van der Waals surface area (Å²) in [7, 11) is 0. The molecule has 1 aliphatic rings. The molecule has 82 valence electrons. The largest absolute Gasteiger partial charge is 0.338 e. The van der Waals surface area contributed by atoms with Gasteiger partial charge in [0.1, 0.15) is 0 Å². The molecule has 1 aliphatic heterocycles. The third-order valence-electron chi connectivity index (χ3n) is 3.05. The summed E-state index contributed by atoms with van der Waals surface area (Å²) in [5.74, 6) is 0.306. The predicted molar refractivity (Wildman–Crippen MR) is 57.9 cm³/mol. The maximum atomic E-state index is 11.8. The van der Waals surface area contributed by atoms with Crippen molar-refractivity contribution in [2.75, 3.05) is 13.1 Å². The van der Waals surface area contributed by atoms with Gasteiger partial charge in [0.05, 0.1) is 0 Å². The Balaban J connectivity index is 2.36. The third kappa shape index (κ3) is 2.71. The van der Waals surface area contributed by atoms with Gasteiger partial charge in [-0.2, -0.15) is 0 Å². The summed E-state index contributed by atoms with van der Waals surface area (Å²) in [4.78, 5) is 13.9. The monoisotopic (exact) mass is 198 g/mol. The van der Waals surface area contributed by atoms with Crippen LogP contribution in [0.25, 0.3) is 0 Å². The second-order valence-corrected chi connectivity index (χ2v) is 4.71. The number of carbonyl (C=O) groups excluding carboxylic acids is 1. The molecule has 0 unspecified atom stereocenters. The van der Waals surface area contributed by atoms with Gasteiger partial charge in [-0.25, -0.2) is 0 Å². The van der Waals surface area contributed by atoms with E-state index in [2.05, 4.69) is 13.8 Å². The fraction of sp³-hybridized carbons (Fsp3) is 0.909. The first-order chi connectivity index (χ1) is 6.58. The van der Waals surface area contributed by atoms with Crippen molar-refractivity contribution in [3.05, 3.63) is 0 Å². The van der Waals surface area contributed by atoms with E-state index in [1.165, 1.54) is 0 Å². The second kappa shape index (κ2) is 4.78. The lowest BCUT2D eigenvalue weighted by Crippen LogP contribution is -2.42. The highest BCUT2D eigenvalue weighted by Crippen LogP contribution is 2.28. The van der Waals surface area contributed by atoms with Crippen molar-refractivity contribution >= 4 is 5.91 Å². The maximum absolute atomic E-state index is 11.8. The molecule has 1 fully saturated rings. The minimum absolute atomic E-state index is 0.0831. The van der Waals surface area contributed by atoms with Crippen molar-refractivity contribution in [2.24, 2.45) is 5.73 Å². The minimum Gasteiger partial charge on any atom is -0.338 e. The van der Waals surface area contributed by atoms with Crippen LogP contribution in [0.1, 0.15) is 46.0 Å². The fourth-order valence-electron chi connectivity index (χ4n) is 2.13. The molecule has 0 aromatic carbocycles. The number of hydrogen-bond donors (Lipinski definition) is 1. The molecule has 14 heavy (non-hydrogen) atoms. The van der Waals surface area contributed by atoms with Crippen LogP contribution in [0.4, 0.5) is 0 Å². The first-order valence-electron chi connectivity index (χ1n) is 5.58. The summed E-state index contributed by atoms with van der Waals surface area (Å²) >= 11 is 0. The Labute approximate surface area is 86.6 Å². The molecule has 0 spiro atoms.